The molecule has 0 aromatic heterocycles. The summed E-state index contributed by atoms with van der Waals surface area (Å²) in [5.41, 5.74) is 1.55. The smallest absolute Gasteiger partial charge is 0.487 e. The van der Waals surface area contributed by atoms with E-state index in [1.807, 2.05) is 0 Å². The molecule has 4 nitrogen and oxygen atoms in total. The summed E-state index contributed by atoms with van der Waals surface area (Å²) in [7, 11) is 1.45. The Morgan fingerprint density at radius 3 is 2.46 bits per heavy atom. The van der Waals surface area contributed by atoms with Gasteiger partial charge in [0.15, 0.2) is 17.8 Å². The lowest BCUT2D eigenvalue weighted by atomic mass is 10.00. The molecule has 0 radical (unpaired) electrons. The molecule has 0 N–H and O–H groups in total. The van der Waals surface area contributed by atoms with Crippen LogP contribution in [0, 0.1) is 0 Å². The number of ether oxygens (including phenoxy) is 3. The van der Waals surface area contributed by atoms with Gasteiger partial charge >= 0.3 is 6.36 Å². The maximum absolute atomic E-state index is 12.5. The van der Waals surface area contributed by atoms with Crippen molar-refractivity contribution in [3.05, 3.63) is 48.0 Å². The van der Waals surface area contributed by atoms with Crippen LogP contribution in [0.3, 0.4) is 0 Å². The molecule has 0 fully saturated rings. The Morgan fingerprint density at radius 2 is 1.79 bits per heavy atom. The molecule has 7 heteroatoms. The van der Waals surface area contributed by atoms with Gasteiger partial charge in [-0.15, -0.1) is 13.2 Å². The zero-order chi connectivity index (χ0) is 17.6. The van der Waals surface area contributed by atoms with Gasteiger partial charge in [0.25, 0.3) is 0 Å². The molecule has 0 unspecified atom stereocenters. The molecule has 0 spiro atoms. The Balaban J connectivity index is 2.40. The molecule has 24 heavy (non-hydrogen) atoms. The van der Waals surface area contributed by atoms with E-state index >= 15 is 0 Å². The van der Waals surface area contributed by atoms with Crippen molar-refractivity contribution in [3.63, 3.8) is 0 Å². The molecular formula is C17H15F3O4. The van der Waals surface area contributed by atoms with Gasteiger partial charge < -0.3 is 14.2 Å². The maximum Gasteiger partial charge on any atom is 0.573 e. The van der Waals surface area contributed by atoms with Crippen molar-refractivity contribution in [1.29, 1.82) is 0 Å². The highest BCUT2D eigenvalue weighted by molar-refractivity contribution is 5.87. The Kier molecular flexibility index (Phi) is 5.81. The monoisotopic (exact) mass is 340 g/mol. The third-order valence-corrected chi connectivity index (χ3v) is 3.11. The van der Waals surface area contributed by atoms with Crippen LogP contribution in [0.5, 0.6) is 11.5 Å². The largest absolute Gasteiger partial charge is 0.573 e. The number of carbonyl (C=O) groups is 1. The third kappa shape index (κ3) is 4.73. The van der Waals surface area contributed by atoms with Crippen LogP contribution in [0.15, 0.2) is 42.5 Å². The first kappa shape index (κ1) is 17.8. The zero-order valence-corrected chi connectivity index (χ0v) is 12.8. The van der Waals surface area contributed by atoms with Crippen LogP contribution in [0.1, 0.15) is 10.4 Å². The fourth-order valence-corrected chi connectivity index (χ4v) is 2.10. The average molecular weight is 340 g/mol. The van der Waals surface area contributed by atoms with E-state index in [1.54, 1.807) is 24.3 Å². The van der Waals surface area contributed by atoms with Crippen LogP contribution in [0.2, 0.25) is 0 Å². The lowest BCUT2D eigenvalue weighted by Crippen LogP contribution is -2.18. The minimum absolute atomic E-state index is 0.0590. The van der Waals surface area contributed by atoms with Crippen LogP contribution in [0.25, 0.3) is 11.1 Å². The van der Waals surface area contributed by atoms with Gasteiger partial charge in [0.1, 0.15) is 6.61 Å². The highest BCUT2D eigenvalue weighted by Gasteiger charge is 2.32. The summed E-state index contributed by atoms with van der Waals surface area (Å²) in [6, 6.07) is 10.7. The summed E-state index contributed by atoms with van der Waals surface area (Å²) in [6.07, 6.45) is -4.15. The summed E-state index contributed by atoms with van der Waals surface area (Å²) in [6.45, 7) is 0.268. The predicted molar refractivity (Wildman–Crippen MR) is 81.3 cm³/mol. The van der Waals surface area contributed by atoms with Crippen molar-refractivity contribution in [3.8, 4) is 22.6 Å². The van der Waals surface area contributed by atoms with Crippen LogP contribution in [-0.4, -0.2) is 33.0 Å². The summed E-state index contributed by atoms with van der Waals surface area (Å²) in [4.78, 5) is 11.1. The number of methoxy groups -OCH3 is 1. The van der Waals surface area contributed by atoms with E-state index in [2.05, 4.69) is 4.74 Å². The Morgan fingerprint density at radius 1 is 1.04 bits per heavy atom. The SMILES string of the molecule is COCCOc1cc(-c2ccccc2C=O)ccc1OC(F)(F)F. The van der Waals surface area contributed by atoms with E-state index in [9.17, 15) is 18.0 Å². The highest BCUT2D eigenvalue weighted by Crippen LogP contribution is 2.36. The molecular weight excluding hydrogens is 325 g/mol. The number of hydrogen-bond donors (Lipinski definition) is 0. The first-order valence-corrected chi connectivity index (χ1v) is 7.00. The second-order valence-electron chi connectivity index (χ2n) is 4.76. The van der Waals surface area contributed by atoms with Gasteiger partial charge in [-0.05, 0) is 23.3 Å². The molecule has 0 heterocycles. The molecule has 0 aliphatic carbocycles. The fraction of sp³-hybridized carbons (Fsp3) is 0.235. The summed E-state index contributed by atoms with van der Waals surface area (Å²) in [5.74, 6) is -0.534. The molecule has 2 aromatic carbocycles. The number of rotatable bonds is 7. The van der Waals surface area contributed by atoms with Crippen LogP contribution >= 0.6 is 0 Å². The van der Waals surface area contributed by atoms with Crippen molar-refractivity contribution in [2.45, 2.75) is 6.36 Å². The van der Waals surface area contributed by atoms with E-state index in [0.29, 0.717) is 23.0 Å². The number of halogens is 3. The molecule has 0 amide bonds. The van der Waals surface area contributed by atoms with Gasteiger partial charge in [-0.3, -0.25) is 4.79 Å². The summed E-state index contributed by atoms with van der Waals surface area (Å²) < 4.78 is 51.6. The first-order valence-electron chi connectivity index (χ1n) is 7.00. The molecule has 0 atom stereocenters. The Labute approximate surface area is 136 Å². The molecule has 0 saturated heterocycles. The fourth-order valence-electron chi connectivity index (χ4n) is 2.10. The Hall–Kier alpha value is -2.54. The van der Waals surface area contributed by atoms with Gasteiger partial charge in [0, 0.05) is 12.7 Å². The second-order valence-corrected chi connectivity index (χ2v) is 4.76. The molecule has 128 valence electrons. The molecule has 0 saturated carbocycles. The number of benzene rings is 2. The number of alkyl halides is 3. The quantitative estimate of drug-likeness (QED) is 0.562. The van der Waals surface area contributed by atoms with Crippen molar-refractivity contribution in [2.24, 2.45) is 0 Å². The topological polar surface area (TPSA) is 44.8 Å². The molecule has 0 aliphatic rings. The minimum Gasteiger partial charge on any atom is -0.487 e. The normalized spacial score (nSPS) is 11.2. The zero-order valence-electron chi connectivity index (χ0n) is 12.8. The van der Waals surface area contributed by atoms with E-state index in [0.717, 1.165) is 6.07 Å². The van der Waals surface area contributed by atoms with Crippen LogP contribution in [0.4, 0.5) is 13.2 Å². The second kappa shape index (κ2) is 7.83. The molecule has 0 bridgehead atoms. The Bertz CT molecular complexity index is 698. The number of carbonyl (C=O) groups excluding carboxylic acids is 1. The molecule has 2 aromatic rings. The highest BCUT2D eigenvalue weighted by atomic mass is 19.4. The van der Waals surface area contributed by atoms with Crippen molar-refractivity contribution < 1.29 is 32.2 Å². The van der Waals surface area contributed by atoms with E-state index in [1.165, 1.54) is 19.2 Å². The van der Waals surface area contributed by atoms with Gasteiger partial charge in [-0.1, -0.05) is 30.3 Å². The van der Waals surface area contributed by atoms with Crippen LogP contribution in [-0.2, 0) is 4.74 Å². The minimum atomic E-state index is -4.83. The van der Waals surface area contributed by atoms with Crippen LogP contribution < -0.4 is 9.47 Å². The molecule has 0 aliphatic heterocycles. The van der Waals surface area contributed by atoms with E-state index in [4.69, 9.17) is 9.47 Å². The van der Waals surface area contributed by atoms with Gasteiger partial charge in [0.2, 0.25) is 0 Å². The first-order chi connectivity index (χ1) is 11.4. The average Bonchev–Trinajstić information content (AvgIpc) is 2.55. The van der Waals surface area contributed by atoms with Crippen molar-refractivity contribution in [2.75, 3.05) is 20.3 Å². The van der Waals surface area contributed by atoms with E-state index < -0.39 is 12.1 Å². The van der Waals surface area contributed by atoms with Crippen molar-refractivity contribution in [1.82, 2.24) is 0 Å². The lowest BCUT2D eigenvalue weighted by molar-refractivity contribution is -0.275. The maximum atomic E-state index is 12.5. The van der Waals surface area contributed by atoms with Crippen molar-refractivity contribution >= 4 is 6.29 Å². The van der Waals surface area contributed by atoms with Gasteiger partial charge in [-0.25, -0.2) is 0 Å². The number of hydrogen-bond acceptors (Lipinski definition) is 4. The molecule has 2 rings (SSSR count). The predicted octanol–water partition coefficient (Wildman–Crippen LogP) is 4.09. The summed E-state index contributed by atoms with van der Waals surface area (Å²) in [5, 5.41) is 0. The number of aldehydes is 1. The standard InChI is InChI=1S/C17H15F3O4/c1-22-8-9-23-16-10-12(6-7-15(16)24-17(18,19)20)14-5-3-2-4-13(14)11-21/h2-7,10-11H,8-9H2,1H3. The third-order valence-electron chi connectivity index (χ3n) is 3.11. The van der Waals surface area contributed by atoms with E-state index in [-0.39, 0.29) is 19.0 Å². The van der Waals surface area contributed by atoms with Gasteiger partial charge in [-0.2, -0.15) is 0 Å². The lowest BCUT2D eigenvalue weighted by Gasteiger charge is -2.15. The summed E-state index contributed by atoms with van der Waals surface area (Å²) >= 11 is 0. The van der Waals surface area contributed by atoms with Gasteiger partial charge in [0.05, 0.1) is 6.61 Å².